The molecule has 106 valence electrons. The van der Waals surface area contributed by atoms with E-state index in [1.165, 1.54) is 16.8 Å². The molecule has 0 aliphatic heterocycles. The number of aromatic hydroxyl groups is 1. The average Bonchev–Trinajstić information content (AvgIpc) is 2.43. The topological polar surface area (TPSA) is 23.5 Å². The first-order valence-corrected chi connectivity index (χ1v) is 7.12. The van der Waals surface area contributed by atoms with Gasteiger partial charge in [-0.1, -0.05) is 30.3 Å². The van der Waals surface area contributed by atoms with Crippen LogP contribution in [0.5, 0.6) is 5.75 Å². The summed E-state index contributed by atoms with van der Waals surface area (Å²) in [5.41, 5.74) is 5.70. The van der Waals surface area contributed by atoms with Crippen LogP contribution in [0.25, 0.3) is 0 Å². The zero-order chi connectivity index (χ0) is 14.7. The minimum absolute atomic E-state index is 0.410. The van der Waals surface area contributed by atoms with Gasteiger partial charge in [-0.05, 0) is 56.0 Å². The molecule has 2 heteroatoms. The molecule has 0 heterocycles. The molecule has 2 aromatic carbocycles. The Morgan fingerprint density at radius 1 is 0.950 bits per heavy atom. The van der Waals surface area contributed by atoms with Crippen molar-refractivity contribution in [2.45, 2.75) is 34.2 Å². The van der Waals surface area contributed by atoms with Crippen molar-refractivity contribution in [1.29, 1.82) is 0 Å². The Bertz CT molecular complexity index is 581. The molecule has 2 nitrogen and oxygen atoms in total. The first-order chi connectivity index (χ1) is 9.52. The highest BCUT2D eigenvalue weighted by atomic mass is 16.3. The molecule has 0 aliphatic carbocycles. The number of aryl methyl sites for hydroxylation is 3. The molecule has 0 bridgehead atoms. The molecule has 2 rings (SSSR count). The fourth-order valence-electron chi connectivity index (χ4n) is 2.64. The molecule has 0 amide bonds. The third kappa shape index (κ3) is 2.96. The number of hydrogen-bond donors (Lipinski definition) is 1. The SMILES string of the molecule is CCN(Cc1cc(C)c(O)c(C)c1)c1ccccc1C. The first-order valence-electron chi connectivity index (χ1n) is 7.12. The van der Waals surface area contributed by atoms with Gasteiger partial charge in [-0.15, -0.1) is 0 Å². The molecule has 0 saturated heterocycles. The molecule has 0 aliphatic rings. The molecule has 20 heavy (non-hydrogen) atoms. The molecule has 1 N–H and O–H groups in total. The van der Waals surface area contributed by atoms with Gasteiger partial charge in [-0.3, -0.25) is 0 Å². The van der Waals surface area contributed by atoms with E-state index in [0.29, 0.717) is 5.75 Å². The van der Waals surface area contributed by atoms with E-state index in [1.54, 1.807) is 0 Å². The summed E-state index contributed by atoms with van der Waals surface area (Å²) in [6.45, 7) is 10.1. The fraction of sp³-hybridized carbons (Fsp3) is 0.333. The predicted molar refractivity (Wildman–Crippen MR) is 85.5 cm³/mol. The van der Waals surface area contributed by atoms with Crippen LogP contribution in [0.4, 0.5) is 5.69 Å². The second kappa shape index (κ2) is 6.00. The van der Waals surface area contributed by atoms with Crippen LogP contribution >= 0.6 is 0 Å². The minimum atomic E-state index is 0.410. The molecule has 0 fully saturated rings. The van der Waals surface area contributed by atoms with Crippen LogP contribution in [0, 0.1) is 20.8 Å². The Morgan fingerprint density at radius 2 is 1.55 bits per heavy atom. The van der Waals surface area contributed by atoms with Crippen molar-refractivity contribution in [1.82, 2.24) is 0 Å². The number of anilines is 1. The lowest BCUT2D eigenvalue weighted by molar-refractivity contribution is 0.466. The summed E-state index contributed by atoms with van der Waals surface area (Å²) in [6.07, 6.45) is 0. The van der Waals surface area contributed by atoms with E-state index < -0.39 is 0 Å². The van der Waals surface area contributed by atoms with E-state index >= 15 is 0 Å². The van der Waals surface area contributed by atoms with E-state index in [4.69, 9.17) is 0 Å². The van der Waals surface area contributed by atoms with Crippen molar-refractivity contribution in [2.24, 2.45) is 0 Å². The van der Waals surface area contributed by atoms with Crippen LogP contribution in [0.1, 0.15) is 29.2 Å². The van der Waals surface area contributed by atoms with Gasteiger partial charge in [-0.25, -0.2) is 0 Å². The maximum atomic E-state index is 9.87. The molecule has 2 aromatic rings. The number of rotatable bonds is 4. The number of phenols is 1. The van der Waals surface area contributed by atoms with E-state index in [9.17, 15) is 5.11 Å². The van der Waals surface area contributed by atoms with Gasteiger partial charge in [0.15, 0.2) is 0 Å². The summed E-state index contributed by atoms with van der Waals surface area (Å²) in [6, 6.07) is 12.6. The normalized spacial score (nSPS) is 10.6. The van der Waals surface area contributed by atoms with Crippen molar-refractivity contribution in [3.05, 3.63) is 58.7 Å². The molecular formula is C18H23NO. The van der Waals surface area contributed by atoms with Crippen molar-refractivity contribution in [2.75, 3.05) is 11.4 Å². The highest BCUT2D eigenvalue weighted by Crippen LogP contribution is 2.26. The van der Waals surface area contributed by atoms with E-state index in [1.807, 2.05) is 13.8 Å². The third-order valence-electron chi connectivity index (χ3n) is 3.76. The van der Waals surface area contributed by atoms with Gasteiger partial charge in [0.05, 0.1) is 0 Å². The Balaban J connectivity index is 2.30. The summed E-state index contributed by atoms with van der Waals surface area (Å²) in [4.78, 5) is 2.36. The second-order valence-corrected chi connectivity index (χ2v) is 5.38. The van der Waals surface area contributed by atoms with Crippen molar-refractivity contribution in [3.63, 3.8) is 0 Å². The van der Waals surface area contributed by atoms with Crippen LogP contribution in [-0.2, 0) is 6.54 Å². The van der Waals surface area contributed by atoms with Gasteiger partial charge in [-0.2, -0.15) is 0 Å². The van der Waals surface area contributed by atoms with Gasteiger partial charge in [0.2, 0.25) is 0 Å². The maximum absolute atomic E-state index is 9.87. The summed E-state index contributed by atoms with van der Waals surface area (Å²) >= 11 is 0. The Morgan fingerprint density at radius 3 is 2.10 bits per heavy atom. The van der Waals surface area contributed by atoms with Gasteiger partial charge in [0, 0.05) is 18.8 Å². The molecule has 0 spiro atoms. The Kier molecular flexibility index (Phi) is 4.33. The van der Waals surface area contributed by atoms with Crippen LogP contribution < -0.4 is 4.90 Å². The maximum Gasteiger partial charge on any atom is 0.121 e. The van der Waals surface area contributed by atoms with Gasteiger partial charge in [0.25, 0.3) is 0 Å². The summed E-state index contributed by atoms with van der Waals surface area (Å²) < 4.78 is 0. The van der Waals surface area contributed by atoms with Gasteiger partial charge in [0.1, 0.15) is 5.75 Å². The highest BCUT2D eigenvalue weighted by Gasteiger charge is 2.10. The zero-order valence-electron chi connectivity index (χ0n) is 12.8. The number of phenolic OH excluding ortho intramolecular Hbond substituents is 1. The molecule has 0 atom stereocenters. The van der Waals surface area contributed by atoms with Crippen LogP contribution in [-0.4, -0.2) is 11.7 Å². The van der Waals surface area contributed by atoms with E-state index in [-0.39, 0.29) is 0 Å². The molecule has 0 unspecified atom stereocenters. The number of para-hydroxylation sites is 1. The Labute approximate surface area is 121 Å². The molecule has 0 aromatic heterocycles. The average molecular weight is 269 g/mol. The largest absolute Gasteiger partial charge is 0.507 e. The van der Waals surface area contributed by atoms with Crippen LogP contribution in [0.2, 0.25) is 0 Å². The predicted octanol–water partition coefficient (Wildman–Crippen LogP) is 4.34. The minimum Gasteiger partial charge on any atom is -0.507 e. The summed E-state index contributed by atoms with van der Waals surface area (Å²) in [5, 5.41) is 9.87. The lowest BCUT2D eigenvalue weighted by Gasteiger charge is -2.25. The monoisotopic (exact) mass is 269 g/mol. The summed E-state index contributed by atoms with van der Waals surface area (Å²) in [5.74, 6) is 0.410. The van der Waals surface area contributed by atoms with E-state index in [0.717, 1.165) is 24.2 Å². The quantitative estimate of drug-likeness (QED) is 0.892. The smallest absolute Gasteiger partial charge is 0.121 e. The molecule has 0 saturated carbocycles. The number of nitrogens with zero attached hydrogens (tertiary/aromatic N) is 1. The first kappa shape index (κ1) is 14.4. The number of hydrogen-bond acceptors (Lipinski definition) is 2. The van der Waals surface area contributed by atoms with E-state index in [2.05, 4.69) is 55.1 Å². The van der Waals surface area contributed by atoms with Crippen molar-refractivity contribution in [3.8, 4) is 5.75 Å². The van der Waals surface area contributed by atoms with Gasteiger partial charge < -0.3 is 10.0 Å². The van der Waals surface area contributed by atoms with Crippen molar-refractivity contribution < 1.29 is 5.11 Å². The third-order valence-corrected chi connectivity index (χ3v) is 3.76. The lowest BCUT2D eigenvalue weighted by atomic mass is 10.0. The standard InChI is InChI=1S/C18H23NO/c1-5-19(17-9-7-6-8-13(17)2)12-16-10-14(3)18(20)15(4)11-16/h6-11,20H,5,12H2,1-4H3. The molecular weight excluding hydrogens is 246 g/mol. The Hall–Kier alpha value is -1.96. The lowest BCUT2D eigenvalue weighted by Crippen LogP contribution is -2.22. The van der Waals surface area contributed by atoms with Gasteiger partial charge >= 0.3 is 0 Å². The molecule has 0 radical (unpaired) electrons. The second-order valence-electron chi connectivity index (χ2n) is 5.38. The fourth-order valence-corrected chi connectivity index (χ4v) is 2.64. The zero-order valence-corrected chi connectivity index (χ0v) is 12.8. The highest BCUT2D eigenvalue weighted by molar-refractivity contribution is 5.54. The van der Waals surface area contributed by atoms with Crippen molar-refractivity contribution >= 4 is 5.69 Å². The van der Waals surface area contributed by atoms with Crippen LogP contribution in [0.3, 0.4) is 0 Å². The number of benzene rings is 2. The van der Waals surface area contributed by atoms with Crippen LogP contribution in [0.15, 0.2) is 36.4 Å². The summed E-state index contributed by atoms with van der Waals surface area (Å²) in [7, 11) is 0.